The summed E-state index contributed by atoms with van der Waals surface area (Å²) in [6.45, 7) is 19.9. The second-order valence-electron chi connectivity index (χ2n) is 6.58. The summed E-state index contributed by atoms with van der Waals surface area (Å²) in [5, 5.41) is 6.52. The lowest BCUT2D eigenvalue weighted by atomic mass is 10.2. The lowest BCUT2D eigenvalue weighted by Crippen LogP contribution is -2.34. The Morgan fingerprint density at radius 2 is 1.15 bits per heavy atom. The molecule has 0 radical (unpaired) electrons. The van der Waals surface area contributed by atoms with Crippen LogP contribution in [0.5, 0.6) is 0 Å². The summed E-state index contributed by atoms with van der Waals surface area (Å²) in [6.07, 6.45) is 0. The maximum atomic E-state index is 10.7. The highest BCUT2D eigenvalue weighted by Gasteiger charge is 2.05. The zero-order valence-corrected chi connectivity index (χ0v) is 14.3. The molecule has 2 N–H and O–H groups in total. The smallest absolute Gasteiger partial charge is 0.146 e. The Kier molecular flexibility index (Phi) is 18.4. The number of hydrogen-bond donors (Lipinski definition) is 2. The summed E-state index contributed by atoms with van der Waals surface area (Å²) >= 11 is 0. The molecule has 0 aromatic carbocycles. The zero-order valence-electron chi connectivity index (χ0n) is 14.3. The van der Waals surface area contributed by atoms with Gasteiger partial charge in [-0.15, -0.1) is 0 Å². The van der Waals surface area contributed by atoms with Crippen LogP contribution in [0.15, 0.2) is 0 Å². The lowest BCUT2D eigenvalue weighted by Gasteiger charge is -2.11. The van der Waals surface area contributed by atoms with E-state index < -0.39 is 0 Å². The van der Waals surface area contributed by atoms with Gasteiger partial charge < -0.3 is 10.6 Å². The van der Waals surface area contributed by atoms with Gasteiger partial charge in [0.25, 0.3) is 0 Å². The summed E-state index contributed by atoms with van der Waals surface area (Å²) in [6, 6.07) is 0.0161. The molecule has 0 rings (SSSR count). The Morgan fingerprint density at radius 1 is 0.800 bits per heavy atom. The van der Waals surface area contributed by atoms with Crippen molar-refractivity contribution in [2.45, 2.75) is 68.9 Å². The van der Waals surface area contributed by atoms with Crippen LogP contribution in [0.1, 0.15) is 62.8 Å². The van der Waals surface area contributed by atoms with Gasteiger partial charge in [-0.05, 0) is 51.2 Å². The maximum absolute atomic E-state index is 10.7. The third-order valence-electron chi connectivity index (χ3n) is 2.55. The SMILES string of the molecule is C.CC(=O)[C@@H](C)NCC(C)C.CC(C)CNCC(C)C. The number of Topliss-reactive ketones (excluding diaryl/α,β-unsaturated/α-hetero) is 1. The summed E-state index contributed by atoms with van der Waals surface area (Å²) in [4.78, 5) is 10.7. The van der Waals surface area contributed by atoms with Gasteiger partial charge in [-0.3, -0.25) is 4.79 Å². The van der Waals surface area contributed by atoms with E-state index in [4.69, 9.17) is 0 Å². The lowest BCUT2D eigenvalue weighted by molar-refractivity contribution is -0.118. The van der Waals surface area contributed by atoms with Gasteiger partial charge in [0.05, 0.1) is 6.04 Å². The van der Waals surface area contributed by atoms with E-state index in [-0.39, 0.29) is 19.3 Å². The number of nitrogens with one attached hydrogen (secondary N) is 2. The van der Waals surface area contributed by atoms with Crippen molar-refractivity contribution >= 4 is 5.78 Å². The Balaban J connectivity index is -0.000000277. The molecule has 0 spiro atoms. The molecule has 0 aromatic heterocycles. The molecule has 1 atom stereocenters. The molecule has 0 unspecified atom stereocenters. The average Bonchev–Trinajstić information content (AvgIpc) is 2.25. The van der Waals surface area contributed by atoms with Crippen LogP contribution in [0.4, 0.5) is 0 Å². The first-order valence-corrected chi connectivity index (χ1v) is 7.61. The molecule has 3 nitrogen and oxygen atoms in total. The van der Waals surface area contributed by atoms with Gasteiger partial charge >= 0.3 is 0 Å². The predicted molar refractivity (Wildman–Crippen MR) is 92.3 cm³/mol. The van der Waals surface area contributed by atoms with Crippen LogP contribution in [-0.2, 0) is 4.79 Å². The molecule has 0 heterocycles. The molecular weight excluding hydrogens is 248 g/mol. The van der Waals surface area contributed by atoms with Gasteiger partial charge in [0.2, 0.25) is 0 Å². The van der Waals surface area contributed by atoms with E-state index in [1.54, 1.807) is 6.92 Å². The molecule has 0 aliphatic carbocycles. The molecule has 3 heteroatoms. The fourth-order valence-corrected chi connectivity index (χ4v) is 1.22. The van der Waals surface area contributed by atoms with Gasteiger partial charge in [0.1, 0.15) is 5.78 Å². The molecular formula is C17H40N2O. The van der Waals surface area contributed by atoms with Crippen LogP contribution >= 0.6 is 0 Å². The van der Waals surface area contributed by atoms with E-state index in [1.165, 1.54) is 0 Å². The second-order valence-corrected chi connectivity index (χ2v) is 6.58. The number of hydrogen-bond acceptors (Lipinski definition) is 3. The Morgan fingerprint density at radius 3 is 1.40 bits per heavy atom. The molecule has 0 saturated carbocycles. The molecule has 124 valence electrons. The van der Waals surface area contributed by atoms with E-state index in [2.05, 4.69) is 52.2 Å². The van der Waals surface area contributed by atoms with Crippen molar-refractivity contribution in [2.75, 3.05) is 19.6 Å². The van der Waals surface area contributed by atoms with E-state index in [1.807, 2.05) is 6.92 Å². The molecule has 0 aliphatic heterocycles. The Hall–Kier alpha value is -0.410. The highest BCUT2D eigenvalue weighted by molar-refractivity contribution is 5.80. The standard InChI is InChI=1S/C8H17NO.C8H19N.CH4/c1-6(2)5-9-7(3)8(4)10;1-7(2)5-9-6-8(3)4;/h6-7,9H,5H2,1-4H3;7-9H,5-6H2,1-4H3;1H4/t7-;;/m1../s1. The van der Waals surface area contributed by atoms with Crippen molar-refractivity contribution in [3.05, 3.63) is 0 Å². The largest absolute Gasteiger partial charge is 0.316 e. The fourth-order valence-electron chi connectivity index (χ4n) is 1.22. The highest BCUT2D eigenvalue weighted by Crippen LogP contribution is 1.91. The van der Waals surface area contributed by atoms with Crippen molar-refractivity contribution in [1.29, 1.82) is 0 Å². The van der Waals surface area contributed by atoms with Gasteiger partial charge in [-0.2, -0.15) is 0 Å². The van der Waals surface area contributed by atoms with Gasteiger partial charge in [-0.25, -0.2) is 0 Å². The molecule has 0 amide bonds. The first kappa shape index (κ1) is 24.6. The summed E-state index contributed by atoms with van der Waals surface area (Å²) in [7, 11) is 0. The van der Waals surface area contributed by atoms with Gasteiger partial charge in [-0.1, -0.05) is 49.0 Å². The molecule has 0 aliphatic rings. The Labute approximate surface area is 128 Å². The van der Waals surface area contributed by atoms with Crippen LogP contribution in [0.2, 0.25) is 0 Å². The van der Waals surface area contributed by atoms with E-state index in [0.29, 0.717) is 5.92 Å². The molecule has 0 aromatic rings. The minimum Gasteiger partial charge on any atom is -0.316 e. The van der Waals surface area contributed by atoms with Crippen molar-refractivity contribution in [2.24, 2.45) is 17.8 Å². The van der Waals surface area contributed by atoms with E-state index >= 15 is 0 Å². The highest BCUT2D eigenvalue weighted by atomic mass is 16.1. The van der Waals surface area contributed by atoms with Crippen molar-refractivity contribution in [3.63, 3.8) is 0 Å². The third-order valence-corrected chi connectivity index (χ3v) is 2.55. The van der Waals surface area contributed by atoms with Crippen LogP contribution in [-0.4, -0.2) is 31.5 Å². The first-order chi connectivity index (χ1) is 8.66. The van der Waals surface area contributed by atoms with Gasteiger partial charge in [0, 0.05) is 0 Å². The second kappa shape index (κ2) is 15.0. The normalized spacial score (nSPS) is 11.9. The number of rotatable bonds is 8. The number of ketones is 1. The van der Waals surface area contributed by atoms with Crippen LogP contribution in [0.3, 0.4) is 0 Å². The minimum atomic E-state index is 0. The minimum absolute atomic E-state index is 0. The van der Waals surface area contributed by atoms with Crippen LogP contribution in [0.25, 0.3) is 0 Å². The monoisotopic (exact) mass is 288 g/mol. The van der Waals surface area contributed by atoms with Crippen molar-refractivity contribution < 1.29 is 4.79 Å². The third kappa shape index (κ3) is 22.7. The predicted octanol–water partition coefficient (Wildman–Crippen LogP) is 3.73. The van der Waals surface area contributed by atoms with E-state index in [9.17, 15) is 4.79 Å². The average molecular weight is 289 g/mol. The van der Waals surface area contributed by atoms with Crippen LogP contribution < -0.4 is 10.6 Å². The molecule has 0 bridgehead atoms. The Bertz CT molecular complexity index is 205. The fraction of sp³-hybridized carbons (Fsp3) is 0.941. The first-order valence-electron chi connectivity index (χ1n) is 7.61. The summed E-state index contributed by atoms with van der Waals surface area (Å²) in [5.74, 6) is 2.38. The molecule has 0 fully saturated rings. The number of carbonyl (C=O) groups excluding carboxylic acids is 1. The maximum Gasteiger partial charge on any atom is 0.146 e. The molecule has 20 heavy (non-hydrogen) atoms. The topological polar surface area (TPSA) is 41.1 Å². The van der Waals surface area contributed by atoms with Crippen molar-refractivity contribution in [3.8, 4) is 0 Å². The summed E-state index contributed by atoms with van der Waals surface area (Å²) in [5.41, 5.74) is 0. The number of carbonyl (C=O) groups is 1. The van der Waals surface area contributed by atoms with Gasteiger partial charge in [0.15, 0.2) is 0 Å². The quantitative estimate of drug-likeness (QED) is 0.715. The van der Waals surface area contributed by atoms with E-state index in [0.717, 1.165) is 31.5 Å². The van der Waals surface area contributed by atoms with Crippen molar-refractivity contribution in [1.82, 2.24) is 10.6 Å². The zero-order chi connectivity index (χ0) is 15.4. The molecule has 0 saturated heterocycles. The van der Waals surface area contributed by atoms with Crippen LogP contribution in [0, 0.1) is 17.8 Å². The summed E-state index contributed by atoms with van der Waals surface area (Å²) < 4.78 is 0.